The van der Waals surface area contributed by atoms with Crippen molar-refractivity contribution in [1.82, 2.24) is 20.2 Å². The molecule has 1 saturated heterocycles. The van der Waals surface area contributed by atoms with Crippen LogP contribution in [0.4, 0.5) is 0 Å². The molecule has 1 atom stereocenters. The number of likely N-dealkylation sites (tertiary alicyclic amines) is 1. The summed E-state index contributed by atoms with van der Waals surface area (Å²) in [5, 5.41) is 3.08. The number of rotatable bonds is 4. The SMILES string of the molecule is CN1C[C@@H](C(=O)NC2CCC(Oc3cnccn3)CC2)CC1=O. The van der Waals surface area contributed by atoms with Gasteiger partial charge in [-0.3, -0.25) is 14.6 Å². The minimum absolute atomic E-state index is 0.000921. The predicted octanol–water partition coefficient (Wildman–Crippen LogP) is 0.761. The van der Waals surface area contributed by atoms with Crippen LogP contribution in [-0.4, -0.2) is 52.4 Å². The Labute approximate surface area is 135 Å². The van der Waals surface area contributed by atoms with Crippen molar-refractivity contribution in [2.75, 3.05) is 13.6 Å². The fourth-order valence-electron chi connectivity index (χ4n) is 3.20. The zero-order valence-electron chi connectivity index (χ0n) is 13.3. The van der Waals surface area contributed by atoms with Crippen LogP contribution in [0.15, 0.2) is 18.6 Å². The minimum Gasteiger partial charge on any atom is -0.473 e. The minimum atomic E-state index is -0.207. The van der Waals surface area contributed by atoms with E-state index in [9.17, 15) is 9.59 Å². The van der Waals surface area contributed by atoms with E-state index < -0.39 is 0 Å². The van der Waals surface area contributed by atoms with Gasteiger partial charge < -0.3 is 15.0 Å². The molecule has 0 unspecified atom stereocenters. The van der Waals surface area contributed by atoms with E-state index in [0.29, 0.717) is 18.8 Å². The molecule has 7 nitrogen and oxygen atoms in total. The number of hydrogen-bond donors (Lipinski definition) is 1. The average molecular weight is 318 g/mol. The molecule has 3 rings (SSSR count). The van der Waals surface area contributed by atoms with Crippen LogP contribution in [0.25, 0.3) is 0 Å². The molecule has 1 aliphatic carbocycles. The molecule has 2 heterocycles. The van der Waals surface area contributed by atoms with Gasteiger partial charge in [-0.15, -0.1) is 0 Å². The fourth-order valence-corrected chi connectivity index (χ4v) is 3.20. The Morgan fingerprint density at radius 2 is 2.09 bits per heavy atom. The summed E-state index contributed by atoms with van der Waals surface area (Å²) in [6.07, 6.45) is 8.82. The Hall–Kier alpha value is -2.18. The van der Waals surface area contributed by atoms with E-state index in [1.54, 1.807) is 30.5 Å². The Morgan fingerprint density at radius 1 is 1.30 bits per heavy atom. The quantitative estimate of drug-likeness (QED) is 0.886. The van der Waals surface area contributed by atoms with Gasteiger partial charge in [0.1, 0.15) is 6.10 Å². The third kappa shape index (κ3) is 3.97. The standard InChI is InChI=1S/C16H22N4O3/c1-20-10-11(8-15(20)21)16(22)19-12-2-4-13(5-3-12)23-14-9-17-6-7-18-14/h6-7,9,11-13H,2-5,8,10H2,1H3,(H,19,22)/t11-,12?,13?/m0/s1. The zero-order chi connectivity index (χ0) is 16.2. The van der Waals surface area contributed by atoms with Crippen LogP contribution in [0.3, 0.4) is 0 Å². The summed E-state index contributed by atoms with van der Waals surface area (Å²) < 4.78 is 5.80. The molecule has 1 N–H and O–H groups in total. The second-order valence-corrected chi connectivity index (χ2v) is 6.32. The molecule has 0 spiro atoms. The molecule has 124 valence electrons. The normalized spacial score (nSPS) is 27.8. The summed E-state index contributed by atoms with van der Waals surface area (Å²) in [7, 11) is 1.74. The summed E-state index contributed by atoms with van der Waals surface area (Å²) >= 11 is 0. The van der Waals surface area contributed by atoms with Crippen molar-refractivity contribution in [1.29, 1.82) is 0 Å². The lowest BCUT2D eigenvalue weighted by Gasteiger charge is -2.29. The number of hydrogen-bond acceptors (Lipinski definition) is 5. The highest BCUT2D eigenvalue weighted by molar-refractivity contribution is 5.89. The van der Waals surface area contributed by atoms with E-state index in [0.717, 1.165) is 25.7 Å². The van der Waals surface area contributed by atoms with Crippen molar-refractivity contribution in [2.45, 2.75) is 44.2 Å². The number of amides is 2. The highest BCUT2D eigenvalue weighted by Crippen LogP contribution is 2.23. The van der Waals surface area contributed by atoms with Crippen LogP contribution in [0.1, 0.15) is 32.1 Å². The third-order valence-corrected chi connectivity index (χ3v) is 4.56. The van der Waals surface area contributed by atoms with E-state index in [2.05, 4.69) is 15.3 Å². The first-order valence-corrected chi connectivity index (χ1v) is 8.09. The van der Waals surface area contributed by atoms with Gasteiger partial charge in [0, 0.05) is 38.4 Å². The first kappa shape index (κ1) is 15.7. The monoisotopic (exact) mass is 318 g/mol. The van der Waals surface area contributed by atoms with Gasteiger partial charge in [-0.05, 0) is 25.7 Å². The molecular weight excluding hydrogens is 296 g/mol. The molecule has 1 saturated carbocycles. The second kappa shape index (κ2) is 6.93. The van der Waals surface area contributed by atoms with E-state index in [1.165, 1.54) is 0 Å². The van der Waals surface area contributed by atoms with Crippen LogP contribution < -0.4 is 10.1 Å². The maximum atomic E-state index is 12.2. The van der Waals surface area contributed by atoms with Gasteiger partial charge in [-0.2, -0.15) is 0 Å². The fraction of sp³-hybridized carbons (Fsp3) is 0.625. The molecule has 2 aliphatic rings. The highest BCUT2D eigenvalue weighted by atomic mass is 16.5. The van der Waals surface area contributed by atoms with Crippen LogP contribution in [0, 0.1) is 5.92 Å². The smallest absolute Gasteiger partial charge is 0.232 e. The lowest BCUT2D eigenvalue weighted by molar-refractivity contribution is -0.128. The van der Waals surface area contributed by atoms with E-state index in [4.69, 9.17) is 4.74 Å². The van der Waals surface area contributed by atoms with Gasteiger partial charge >= 0.3 is 0 Å². The third-order valence-electron chi connectivity index (χ3n) is 4.56. The topological polar surface area (TPSA) is 84.4 Å². The zero-order valence-corrected chi connectivity index (χ0v) is 13.3. The Kier molecular flexibility index (Phi) is 4.73. The van der Waals surface area contributed by atoms with Crippen molar-refractivity contribution in [2.24, 2.45) is 5.92 Å². The maximum absolute atomic E-state index is 12.2. The number of nitrogens with zero attached hydrogens (tertiary/aromatic N) is 3. The lowest BCUT2D eigenvalue weighted by atomic mass is 9.92. The van der Waals surface area contributed by atoms with Crippen LogP contribution >= 0.6 is 0 Å². The van der Waals surface area contributed by atoms with Gasteiger partial charge in [0.15, 0.2) is 0 Å². The van der Waals surface area contributed by atoms with Gasteiger partial charge in [-0.1, -0.05) is 0 Å². The molecule has 7 heteroatoms. The molecule has 2 amide bonds. The van der Waals surface area contributed by atoms with Crippen molar-refractivity contribution >= 4 is 11.8 Å². The Balaban J connectivity index is 1.42. The van der Waals surface area contributed by atoms with E-state index >= 15 is 0 Å². The lowest BCUT2D eigenvalue weighted by Crippen LogP contribution is -2.42. The second-order valence-electron chi connectivity index (χ2n) is 6.32. The molecule has 0 bridgehead atoms. The Morgan fingerprint density at radius 3 is 2.70 bits per heavy atom. The van der Waals surface area contributed by atoms with Gasteiger partial charge in [0.05, 0.1) is 12.1 Å². The summed E-state index contributed by atoms with van der Waals surface area (Å²) in [6, 6.07) is 0.171. The predicted molar refractivity (Wildman–Crippen MR) is 82.6 cm³/mol. The summed E-state index contributed by atoms with van der Waals surface area (Å²) in [5.74, 6) is 0.390. The molecule has 1 aromatic heterocycles. The van der Waals surface area contributed by atoms with E-state index in [1.807, 2.05) is 0 Å². The van der Waals surface area contributed by atoms with Crippen molar-refractivity contribution < 1.29 is 14.3 Å². The first-order chi connectivity index (χ1) is 11.1. The molecule has 1 aliphatic heterocycles. The summed E-state index contributed by atoms with van der Waals surface area (Å²) in [4.78, 5) is 33.5. The first-order valence-electron chi connectivity index (χ1n) is 8.09. The van der Waals surface area contributed by atoms with Gasteiger partial charge in [0.25, 0.3) is 0 Å². The highest BCUT2D eigenvalue weighted by Gasteiger charge is 2.33. The van der Waals surface area contributed by atoms with Gasteiger partial charge in [-0.25, -0.2) is 4.98 Å². The van der Waals surface area contributed by atoms with Crippen molar-refractivity contribution in [3.63, 3.8) is 0 Å². The van der Waals surface area contributed by atoms with Crippen LogP contribution in [0.5, 0.6) is 5.88 Å². The maximum Gasteiger partial charge on any atom is 0.232 e. The van der Waals surface area contributed by atoms with Crippen LogP contribution in [-0.2, 0) is 9.59 Å². The largest absolute Gasteiger partial charge is 0.473 e. The molecule has 0 radical (unpaired) electrons. The summed E-state index contributed by atoms with van der Waals surface area (Å²) in [5.41, 5.74) is 0. The number of nitrogens with one attached hydrogen (secondary N) is 1. The molecule has 23 heavy (non-hydrogen) atoms. The van der Waals surface area contributed by atoms with Gasteiger partial charge in [0.2, 0.25) is 17.7 Å². The van der Waals surface area contributed by atoms with Crippen LogP contribution in [0.2, 0.25) is 0 Å². The number of ether oxygens (including phenoxy) is 1. The molecular formula is C16H22N4O3. The average Bonchev–Trinajstić information content (AvgIpc) is 2.90. The molecule has 1 aromatic rings. The number of carbonyl (C=O) groups excluding carboxylic acids is 2. The van der Waals surface area contributed by atoms with Crippen molar-refractivity contribution in [3.05, 3.63) is 18.6 Å². The van der Waals surface area contributed by atoms with Crippen molar-refractivity contribution in [3.8, 4) is 5.88 Å². The Bertz CT molecular complexity index is 558. The van der Waals surface area contributed by atoms with E-state index in [-0.39, 0.29) is 29.9 Å². The number of carbonyl (C=O) groups is 2. The molecule has 0 aromatic carbocycles. The number of aromatic nitrogens is 2. The molecule has 2 fully saturated rings. The summed E-state index contributed by atoms with van der Waals surface area (Å²) in [6.45, 7) is 0.524.